The summed E-state index contributed by atoms with van der Waals surface area (Å²) in [4.78, 5) is 25.3. The Labute approximate surface area is 166 Å². The molecule has 1 aliphatic rings. The van der Waals surface area contributed by atoms with Crippen LogP contribution in [0.2, 0.25) is 10.0 Å². The first kappa shape index (κ1) is 18.0. The number of piperazine rings is 1. The molecule has 1 amide bonds. The second-order valence-electron chi connectivity index (χ2n) is 6.47. The van der Waals surface area contributed by atoms with Gasteiger partial charge < -0.3 is 9.80 Å². The van der Waals surface area contributed by atoms with Gasteiger partial charge in [0.05, 0.1) is 6.42 Å². The number of carbonyl (C=O) groups excluding carboxylic acids is 1. The number of rotatable bonds is 3. The summed E-state index contributed by atoms with van der Waals surface area (Å²) in [6.07, 6.45) is 1.71. The molecule has 0 unspecified atom stereocenters. The number of halogens is 2. The molecule has 4 rings (SSSR count). The highest BCUT2D eigenvalue weighted by molar-refractivity contribution is 6.36. The smallest absolute Gasteiger partial charge is 0.254 e. The summed E-state index contributed by atoms with van der Waals surface area (Å²) in [7, 11) is 0. The Morgan fingerprint density at radius 1 is 1.15 bits per heavy atom. The number of amides is 1. The van der Waals surface area contributed by atoms with Gasteiger partial charge in [-0.05, 0) is 24.6 Å². The third-order valence-corrected chi connectivity index (χ3v) is 5.42. The van der Waals surface area contributed by atoms with Crippen LogP contribution >= 0.6 is 23.2 Å². The van der Waals surface area contributed by atoms with E-state index in [1.807, 2.05) is 17.9 Å². The summed E-state index contributed by atoms with van der Waals surface area (Å²) < 4.78 is 1.73. The van der Waals surface area contributed by atoms with Crippen molar-refractivity contribution in [2.45, 2.75) is 13.3 Å². The van der Waals surface area contributed by atoms with Crippen LogP contribution in [0.25, 0.3) is 5.78 Å². The Kier molecular flexibility index (Phi) is 4.88. The topological polar surface area (TPSA) is 66.6 Å². The number of hydrogen-bond acceptors (Lipinski definition) is 5. The van der Waals surface area contributed by atoms with E-state index in [-0.39, 0.29) is 12.3 Å². The monoisotopic (exact) mass is 404 g/mol. The van der Waals surface area contributed by atoms with Gasteiger partial charge in [0, 0.05) is 48.0 Å². The van der Waals surface area contributed by atoms with E-state index in [4.69, 9.17) is 23.2 Å². The van der Waals surface area contributed by atoms with Gasteiger partial charge in [-0.3, -0.25) is 4.79 Å². The molecule has 3 heterocycles. The van der Waals surface area contributed by atoms with E-state index >= 15 is 0 Å². The van der Waals surface area contributed by atoms with Crippen molar-refractivity contribution >= 4 is 40.7 Å². The van der Waals surface area contributed by atoms with E-state index in [0.29, 0.717) is 47.6 Å². The molecular weight excluding hydrogens is 387 g/mol. The summed E-state index contributed by atoms with van der Waals surface area (Å²) in [5, 5.41) is 5.30. The zero-order valence-corrected chi connectivity index (χ0v) is 16.3. The van der Waals surface area contributed by atoms with Gasteiger partial charge in [0.1, 0.15) is 12.1 Å². The number of aromatic nitrogens is 4. The van der Waals surface area contributed by atoms with E-state index in [2.05, 4.69) is 20.0 Å². The van der Waals surface area contributed by atoms with Gasteiger partial charge in [-0.15, -0.1) is 0 Å². The van der Waals surface area contributed by atoms with Crippen LogP contribution in [0.1, 0.15) is 11.3 Å². The molecule has 140 valence electrons. The van der Waals surface area contributed by atoms with Gasteiger partial charge in [0.25, 0.3) is 5.78 Å². The highest BCUT2D eigenvalue weighted by atomic mass is 35.5. The highest BCUT2D eigenvalue weighted by Crippen LogP contribution is 2.25. The highest BCUT2D eigenvalue weighted by Gasteiger charge is 2.24. The van der Waals surface area contributed by atoms with Gasteiger partial charge in [-0.2, -0.15) is 14.6 Å². The minimum absolute atomic E-state index is 0.0291. The lowest BCUT2D eigenvalue weighted by molar-refractivity contribution is -0.130. The van der Waals surface area contributed by atoms with Crippen LogP contribution in [0.5, 0.6) is 0 Å². The summed E-state index contributed by atoms with van der Waals surface area (Å²) in [5.41, 5.74) is 1.57. The molecule has 0 spiro atoms. The predicted molar refractivity (Wildman–Crippen MR) is 104 cm³/mol. The van der Waals surface area contributed by atoms with Crippen molar-refractivity contribution in [2.24, 2.45) is 0 Å². The summed E-state index contributed by atoms with van der Waals surface area (Å²) in [6.45, 7) is 4.60. The molecule has 0 atom stereocenters. The normalized spacial score (nSPS) is 14.8. The largest absolute Gasteiger partial charge is 0.353 e. The number of benzene rings is 1. The Hall–Kier alpha value is -2.38. The van der Waals surface area contributed by atoms with Crippen LogP contribution in [0.15, 0.2) is 30.6 Å². The third-order valence-electron chi connectivity index (χ3n) is 4.71. The van der Waals surface area contributed by atoms with Crippen molar-refractivity contribution in [1.29, 1.82) is 0 Å². The maximum Gasteiger partial charge on any atom is 0.254 e. The van der Waals surface area contributed by atoms with Crippen LogP contribution in [0.4, 0.5) is 5.82 Å². The lowest BCUT2D eigenvalue weighted by Crippen LogP contribution is -2.49. The lowest BCUT2D eigenvalue weighted by atomic mass is 10.1. The molecule has 2 aromatic heterocycles. The average Bonchev–Trinajstić information content (AvgIpc) is 3.12. The van der Waals surface area contributed by atoms with Gasteiger partial charge in [0.15, 0.2) is 0 Å². The molecule has 0 aliphatic carbocycles. The van der Waals surface area contributed by atoms with Crippen LogP contribution in [0, 0.1) is 6.92 Å². The van der Waals surface area contributed by atoms with Crippen LogP contribution < -0.4 is 4.90 Å². The molecular formula is C18H18Cl2N6O. The molecule has 1 saturated heterocycles. The SMILES string of the molecule is Cc1cc(N2CCN(C(=O)Cc3c(Cl)cccc3Cl)CC2)n2ncnc2n1. The standard InChI is InChI=1S/C18H18Cl2N6O/c1-12-9-16(26-18(23-12)21-11-22-26)24-5-7-25(8-6-24)17(27)10-13-14(19)3-2-4-15(13)20/h2-4,9,11H,5-8,10H2,1H3. The van der Waals surface area contributed by atoms with E-state index in [9.17, 15) is 4.79 Å². The molecule has 27 heavy (non-hydrogen) atoms. The fourth-order valence-electron chi connectivity index (χ4n) is 3.29. The first-order chi connectivity index (χ1) is 13.0. The van der Waals surface area contributed by atoms with Crippen molar-refractivity contribution in [1.82, 2.24) is 24.5 Å². The predicted octanol–water partition coefficient (Wildman–Crippen LogP) is 2.63. The molecule has 0 radical (unpaired) electrons. The molecule has 1 aromatic carbocycles. The zero-order valence-electron chi connectivity index (χ0n) is 14.8. The lowest BCUT2D eigenvalue weighted by Gasteiger charge is -2.36. The zero-order chi connectivity index (χ0) is 19.0. The second kappa shape index (κ2) is 7.32. The number of carbonyl (C=O) groups is 1. The van der Waals surface area contributed by atoms with Crippen LogP contribution in [-0.2, 0) is 11.2 Å². The molecule has 0 bridgehead atoms. The Morgan fingerprint density at radius 2 is 1.85 bits per heavy atom. The summed E-state index contributed by atoms with van der Waals surface area (Å²) in [5.74, 6) is 1.55. The van der Waals surface area contributed by atoms with E-state index in [1.54, 1.807) is 22.7 Å². The molecule has 1 aliphatic heterocycles. The maximum atomic E-state index is 12.7. The number of fused-ring (bicyclic) bond motifs is 1. The van der Waals surface area contributed by atoms with Crippen molar-refractivity contribution in [3.8, 4) is 0 Å². The van der Waals surface area contributed by atoms with Gasteiger partial charge in [-0.25, -0.2) is 4.98 Å². The number of aryl methyl sites for hydroxylation is 1. The quantitative estimate of drug-likeness (QED) is 0.670. The summed E-state index contributed by atoms with van der Waals surface area (Å²) in [6, 6.07) is 7.27. The van der Waals surface area contributed by atoms with E-state index in [1.165, 1.54) is 6.33 Å². The van der Waals surface area contributed by atoms with Crippen molar-refractivity contribution in [3.63, 3.8) is 0 Å². The summed E-state index contributed by atoms with van der Waals surface area (Å²) >= 11 is 12.4. The Morgan fingerprint density at radius 3 is 2.56 bits per heavy atom. The molecule has 0 N–H and O–H groups in total. The first-order valence-electron chi connectivity index (χ1n) is 8.66. The maximum absolute atomic E-state index is 12.7. The minimum Gasteiger partial charge on any atom is -0.353 e. The fourth-order valence-corrected chi connectivity index (χ4v) is 3.82. The molecule has 0 saturated carbocycles. The van der Waals surface area contributed by atoms with Crippen molar-refractivity contribution < 1.29 is 4.79 Å². The number of hydrogen-bond donors (Lipinski definition) is 0. The molecule has 7 nitrogen and oxygen atoms in total. The van der Waals surface area contributed by atoms with Crippen molar-refractivity contribution in [3.05, 3.63) is 51.9 Å². The minimum atomic E-state index is 0.0291. The second-order valence-corrected chi connectivity index (χ2v) is 7.29. The van der Waals surface area contributed by atoms with Gasteiger partial charge >= 0.3 is 0 Å². The third kappa shape index (κ3) is 3.57. The first-order valence-corrected chi connectivity index (χ1v) is 9.41. The van der Waals surface area contributed by atoms with Crippen LogP contribution in [0.3, 0.4) is 0 Å². The van der Waals surface area contributed by atoms with E-state index < -0.39 is 0 Å². The molecule has 3 aromatic rings. The van der Waals surface area contributed by atoms with Crippen LogP contribution in [-0.4, -0.2) is 56.6 Å². The average molecular weight is 405 g/mol. The van der Waals surface area contributed by atoms with Gasteiger partial charge in [0.2, 0.25) is 5.91 Å². The Bertz CT molecular complexity index is 976. The van der Waals surface area contributed by atoms with Gasteiger partial charge in [-0.1, -0.05) is 29.3 Å². The molecule has 9 heteroatoms. The molecule has 1 fully saturated rings. The fraction of sp³-hybridized carbons (Fsp3) is 0.333. The number of nitrogens with zero attached hydrogens (tertiary/aromatic N) is 6. The van der Waals surface area contributed by atoms with Crippen molar-refractivity contribution in [2.75, 3.05) is 31.1 Å². The number of anilines is 1. The Balaban J connectivity index is 1.46. The van der Waals surface area contributed by atoms with E-state index in [0.717, 1.165) is 11.5 Å².